The summed E-state index contributed by atoms with van der Waals surface area (Å²) in [6, 6.07) is 10.8. The number of rotatable bonds is 3. The molecule has 0 saturated carbocycles. The maximum absolute atomic E-state index is 12.7. The van der Waals surface area contributed by atoms with Gasteiger partial charge in [-0.25, -0.2) is 0 Å². The number of carbonyl (C=O) groups is 1. The predicted molar refractivity (Wildman–Crippen MR) is 85.6 cm³/mol. The minimum atomic E-state index is -0.0218. The van der Waals surface area contributed by atoms with Crippen LogP contribution in [0.25, 0.3) is 0 Å². The second kappa shape index (κ2) is 6.29. The molecule has 0 spiro atoms. The van der Waals surface area contributed by atoms with Gasteiger partial charge in [-0.05, 0) is 33.2 Å². The number of benzene rings is 1. The summed E-state index contributed by atoms with van der Waals surface area (Å²) in [7, 11) is 0. The average molecular weight is 286 g/mol. The van der Waals surface area contributed by atoms with E-state index in [1.165, 1.54) is 25.8 Å². The van der Waals surface area contributed by atoms with E-state index in [9.17, 15) is 4.79 Å². The van der Waals surface area contributed by atoms with Gasteiger partial charge >= 0.3 is 0 Å². The van der Waals surface area contributed by atoms with Crippen LogP contribution in [0.15, 0.2) is 30.3 Å². The highest BCUT2D eigenvalue weighted by Crippen LogP contribution is 2.26. The Hall–Kier alpha value is -1.19. The second-order valence-corrected chi connectivity index (χ2v) is 6.60. The van der Waals surface area contributed by atoms with Crippen molar-refractivity contribution < 1.29 is 4.79 Å². The van der Waals surface area contributed by atoms with Crippen molar-refractivity contribution >= 4 is 5.78 Å². The molecule has 0 N–H and O–H groups in total. The van der Waals surface area contributed by atoms with E-state index in [0.29, 0.717) is 12.1 Å². The zero-order valence-corrected chi connectivity index (χ0v) is 13.2. The number of Topliss-reactive ketones (excluding diaryl/α,β-unsaturated/α-hetero) is 1. The zero-order valence-electron chi connectivity index (χ0n) is 13.2. The van der Waals surface area contributed by atoms with Gasteiger partial charge in [-0.1, -0.05) is 36.8 Å². The first-order valence-electron chi connectivity index (χ1n) is 8.26. The summed E-state index contributed by atoms with van der Waals surface area (Å²) in [4.78, 5) is 17.7. The Kier molecular flexibility index (Phi) is 4.41. The van der Waals surface area contributed by atoms with Crippen molar-refractivity contribution in [1.29, 1.82) is 0 Å². The van der Waals surface area contributed by atoms with Crippen LogP contribution in [0.5, 0.6) is 0 Å². The largest absolute Gasteiger partial charge is 0.298 e. The van der Waals surface area contributed by atoms with Gasteiger partial charge in [0.15, 0.2) is 5.78 Å². The van der Waals surface area contributed by atoms with E-state index in [-0.39, 0.29) is 11.8 Å². The first kappa shape index (κ1) is 14.7. The first-order valence-corrected chi connectivity index (χ1v) is 8.26. The number of hydrogen-bond acceptors (Lipinski definition) is 3. The van der Waals surface area contributed by atoms with Gasteiger partial charge in [0.05, 0.1) is 6.04 Å². The van der Waals surface area contributed by atoms with Gasteiger partial charge in [-0.2, -0.15) is 0 Å². The molecule has 3 atom stereocenters. The molecule has 3 unspecified atom stereocenters. The number of fused-ring (bicyclic) bond motifs is 1. The molecule has 0 amide bonds. The molecule has 1 aromatic rings. The number of piperidine rings is 1. The van der Waals surface area contributed by atoms with Gasteiger partial charge in [0.25, 0.3) is 0 Å². The maximum atomic E-state index is 12.7. The fraction of sp³-hybridized carbons (Fsp3) is 0.611. The Balaban J connectivity index is 1.71. The smallest absolute Gasteiger partial charge is 0.179 e. The van der Waals surface area contributed by atoms with Gasteiger partial charge < -0.3 is 0 Å². The predicted octanol–water partition coefficient (Wildman–Crippen LogP) is 2.82. The van der Waals surface area contributed by atoms with Gasteiger partial charge in [-0.15, -0.1) is 0 Å². The van der Waals surface area contributed by atoms with Crippen molar-refractivity contribution in [3.8, 4) is 0 Å². The number of piperazine rings is 1. The molecule has 2 heterocycles. The highest BCUT2D eigenvalue weighted by Gasteiger charge is 2.36. The summed E-state index contributed by atoms with van der Waals surface area (Å²) < 4.78 is 0. The molecule has 3 nitrogen and oxygen atoms in total. The fourth-order valence-electron chi connectivity index (χ4n) is 3.91. The maximum Gasteiger partial charge on any atom is 0.179 e. The van der Waals surface area contributed by atoms with Gasteiger partial charge in [0.1, 0.15) is 0 Å². The SMILES string of the molecule is CC1CN2CCCCC2CN1C(C)C(=O)c1ccccc1. The monoisotopic (exact) mass is 286 g/mol. The van der Waals surface area contributed by atoms with Gasteiger partial charge in [-0.3, -0.25) is 14.6 Å². The highest BCUT2D eigenvalue weighted by molar-refractivity contribution is 5.99. The molecule has 0 aromatic heterocycles. The molecule has 1 aromatic carbocycles. The topological polar surface area (TPSA) is 23.6 Å². The molecule has 2 aliphatic heterocycles. The van der Waals surface area contributed by atoms with Crippen molar-refractivity contribution in [3.05, 3.63) is 35.9 Å². The van der Waals surface area contributed by atoms with Crippen LogP contribution in [0.1, 0.15) is 43.5 Å². The van der Waals surface area contributed by atoms with Crippen LogP contribution in [-0.4, -0.2) is 53.3 Å². The van der Waals surface area contributed by atoms with Gasteiger partial charge in [0, 0.05) is 30.7 Å². The molecule has 0 aliphatic carbocycles. The second-order valence-electron chi connectivity index (χ2n) is 6.60. The number of ketones is 1. The lowest BCUT2D eigenvalue weighted by atomic mass is 9.94. The van der Waals surface area contributed by atoms with Crippen LogP contribution in [0, 0.1) is 0 Å². The van der Waals surface area contributed by atoms with E-state index in [1.807, 2.05) is 30.3 Å². The fourth-order valence-corrected chi connectivity index (χ4v) is 3.91. The van der Waals surface area contributed by atoms with E-state index in [1.54, 1.807) is 0 Å². The molecule has 114 valence electrons. The molecule has 0 radical (unpaired) electrons. The van der Waals surface area contributed by atoms with Crippen molar-refractivity contribution in [2.45, 2.75) is 51.2 Å². The summed E-state index contributed by atoms with van der Waals surface area (Å²) in [5, 5.41) is 0. The number of nitrogens with zero attached hydrogens (tertiary/aromatic N) is 2. The molecular formula is C18H26N2O. The third kappa shape index (κ3) is 3.04. The Labute approximate surface area is 127 Å². The Bertz CT molecular complexity index is 487. The third-order valence-corrected chi connectivity index (χ3v) is 5.17. The summed E-state index contributed by atoms with van der Waals surface area (Å²) in [6.45, 7) is 7.73. The van der Waals surface area contributed by atoms with Gasteiger partial charge in [0.2, 0.25) is 0 Å². The minimum absolute atomic E-state index is 0.0218. The molecule has 2 saturated heterocycles. The number of carbonyl (C=O) groups excluding carboxylic acids is 1. The van der Waals surface area contributed by atoms with Crippen LogP contribution >= 0.6 is 0 Å². The summed E-state index contributed by atoms with van der Waals surface area (Å²) in [5.41, 5.74) is 0.836. The van der Waals surface area contributed by atoms with E-state index < -0.39 is 0 Å². The van der Waals surface area contributed by atoms with E-state index in [4.69, 9.17) is 0 Å². The van der Waals surface area contributed by atoms with Crippen molar-refractivity contribution in [2.75, 3.05) is 19.6 Å². The molecule has 21 heavy (non-hydrogen) atoms. The van der Waals surface area contributed by atoms with E-state index in [0.717, 1.165) is 18.7 Å². The molecule has 3 heteroatoms. The quantitative estimate of drug-likeness (QED) is 0.798. The number of hydrogen-bond donors (Lipinski definition) is 0. The van der Waals surface area contributed by atoms with Crippen LogP contribution < -0.4 is 0 Å². The zero-order chi connectivity index (χ0) is 14.8. The minimum Gasteiger partial charge on any atom is -0.298 e. The lowest BCUT2D eigenvalue weighted by Crippen LogP contribution is -2.61. The van der Waals surface area contributed by atoms with E-state index in [2.05, 4.69) is 23.6 Å². The van der Waals surface area contributed by atoms with Crippen LogP contribution in [0.4, 0.5) is 0 Å². The first-order chi connectivity index (χ1) is 10.2. The Morgan fingerprint density at radius 1 is 1.19 bits per heavy atom. The standard InChI is InChI=1S/C18H26N2O/c1-14-12-19-11-7-6-10-17(19)13-20(14)15(2)18(21)16-8-4-3-5-9-16/h3-5,8-9,14-15,17H,6-7,10-13H2,1-2H3. The van der Waals surface area contributed by atoms with Crippen LogP contribution in [-0.2, 0) is 0 Å². The molecule has 3 rings (SSSR count). The third-order valence-electron chi connectivity index (χ3n) is 5.17. The lowest BCUT2D eigenvalue weighted by Gasteiger charge is -2.49. The van der Waals surface area contributed by atoms with Crippen molar-refractivity contribution in [2.24, 2.45) is 0 Å². The van der Waals surface area contributed by atoms with Crippen LogP contribution in [0.2, 0.25) is 0 Å². The molecule has 2 aliphatic rings. The molecular weight excluding hydrogens is 260 g/mol. The van der Waals surface area contributed by atoms with Crippen LogP contribution in [0.3, 0.4) is 0 Å². The normalized spacial score (nSPS) is 28.9. The highest BCUT2D eigenvalue weighted by atomic mass is 16.1. The van der Waals surface area contributed by atoms with Crippen molar-refractivity contribution in [1.82, 2.24) is 9.80 Å². The molecule has 2 fully saturated rings. The Morgan fingerprint density at radius 3 is 2.71 bits per heavy atom. The summed E-state index contributed by atoms with van der Waals surface area (Å²) in [6.07, 6.45) is 3.96. The average Bonchev–Trinajstić information content (AvgIpc) is 2.53. The summed E-state index contributed by atoms with van der Waals surface area (Å²) >= 11 is 0. The Morgan fingerprint density at radius 2 is 1.95 bits per heavy atom. The lowest BCUT2D eigenvalue weighted by molar-refractivity contribution is -0.000860. The summed E-state index contributed by atoms with van der Waals surface area (Å²) in [5.74, 6) is 0.256. The molecule has 0 bridgehead atoms. The van der Waals surface area contributed by atoms with E-state index >= 15 is 0 Å². The van der Waals surface area contributed by atoms with Crippen molar-refractivity contribution in [3.63, 3.8) is 0 Å².